The van der Waals surface area contributed by atoms with E-state index in [4.69, 9.17) is 0 Å². The summed E-state index contributed by atoms with van der Waals surface area (Å²) in [5.74, 6) is -0.130. The minimum Gasteiger partial charge on any atom is -0.331 e. The Kier molecular flexibility index (Phi) is 5.71. The van der Waals surface area contributed by atoms with Gasteiger partial charge >= 0.3 is 0 Å². The molecule has 2 amide bonds. The van der Waals surface area contributed by atoms with Crippen LogP contribution in [0.5, 0.6) is 0 Å². The largest absolute Gasteiger partial charge is 0.331 e. The number of imidazole rings is 1. The van der Waals surface area contributed by atoms with E-state index in [0.717, 1.165) is 26.6 Å². The van der Waals surface area contributed by atoms with E-state index in [9.17, 15) is 9.59 Å². The molecule has 1 heterocycles. The number of carbonyl (C=O) groups excluding carboxylic acids is 2. The molecule has 6 nitrogen and oxygen atoms in total. The zero-order chi connectivity index (χ0) is 19.4. The van der Waals surface area contributed by atoms with E-state index in [0.29, 0.717) is 5.82 Å². The third-order valence-corrected chi connectivity index (χ3v) is 4.78. The molecule has 0 atom stereocenters. The van der Waals surface area contributed by atoms with E-state index in [1.807, 2.05) is 61.0 Å². The zero-order valence-corrected chi connectivity index (χ0v) is 16.6. The number of hydrogen-bond acceptors (Lipinski definition) is 3. The molecular weight excluding hydrogens is 408 g/mol. The van der Waals surface area contributed by atoms with Crippen LogP contribution in [0.1, 0.15) is 17.0 Å². The van der Waals surface area contributed by atoms with Gasteiger partial charge in [0.15, 0.2) is 0 Å². The second-order valence-electron chi connectivity index (χ2n) is 6.15. The number of para-hydroxylation sites is 2. The van der Waals surface area contributed by atoms with Crippen molar-refractivity contribution >= 4 is 44.9 Å². The van der Waals surface area contributed by atoms with Crippen molar-refractivity contribution in [2.24, 2.45) is 7.05 Å². The number of hydrazine groups is 1. The van der Waals surface area contributed by atoms with Gasteiger partial charge in [-0.05, 0) is 42.3 Å². The molecule has 0 radical (unpaired) electrons. The van der Waals surface area contributed by atoms with Crippen molar-refractivity contribution in [3.8, 4) is 0 Å². The molecule has 0 bridgehead atoms. The highest BCUT2D eigenvalue weighted by Gasteiger charge is 2.11. The molecule has 0 aliphatic rings. The second-order valence-corrected chi connectivity index (χ2v) is 7.00. The summed E-state index contributed by atoms with van der Waals surface area (Å²) in [5, 5.41) is 0. The lowest BCUT2D eigenvalue weighted by molar-refractivity contribution is -0.126. The minimum atomic E-state index is -0.416. The number of halogens is 1. The molecule has 1 aromatic heterocycles. The van der Waals surface area contributed by atoms with E-state index in [1.54, 1.807) is 6.08 Å². The van der Waals surface area contributed by atoms with Crippen molar-refractivity contribution in [2.45, 2.75) is 13.3 Å². The molecule has 3 aromatic rings. The molecular formula is C20H19BrN4O2. The summed E-state index contributed by atoms with van der Waals surface area (Å²) in [7, 11) is 1.86. The number of amides is 2. The molecule has 7 heteroatoms. The van der Waals surface area contributed by atoms with Crippen molar-refractivity contribution in [1.29, 1.82) is 0 Å². The second kappa shape index (κ2) is 8.18. The Bertz CT molecular complexity index is 1040. The number of aryl methyl sites for hydroxylation is 2. The summed E-state index contributed by atoms with van der Waals surface area (Å²) in [4.78, 5) is 28.5. The van der Waals surface area contributed by atoms with Gasteiger partial charge in [-0.1, -0.05) is 40.2 Å². The van der Waals surface area contributed by atoms with E-state index < -0.39 is 5.91 Å². The quantitative estimate of drug-likeness (QED) is 0.497. The van der Waals surface area contributed by atoms with Crippen LogP contribution in [0.3, 0.4) is 0 Å². The van der Waals surface area contributed by atoms with Gasteiger partial charge in [-0.15, -0.1) is 0 Å². The summed E-state index contributed by atoms with van der Waals surface area (Å²) in [5.41, 5.74) is 8.57. The Morgan fingerprint density at radius 3 is 2.70 bits per heavy atom. The maximum absolute atomic E-state index is 12.1. The van der Waals surface area contributed by atoms with Crippen LogP contribution in [-0.2, 0) is 23.1 Å². The molecule has 0 unspecified atom stereocenters. The average Bonchev–Trinajstić information content (AvgIpc) is 2.95. The molecule has 0 saturated heterocycles. The minimum absolute atomic E-state index is 0.0681. The van der Waals surface area contributed by atoms with Crippen LogP contribution in [-0.4, -0.2) is 21.4 Å². The topological polar surface area (TPSA) is 76.0 Å². The van der Waals surface area contributed by atoms with Gasteiger partial charge in [0.2, 0.25) is 5.91 Å². The molecule has 3 rings (SSSR count). The van der Waals surface area contributed by atoms with Crippen LogP contribution in [0, 0.1) is 6.92 Å². The van der Waals surface area contributed by atoms with Gasteiger partial charge in [0, 0.05) is 17.6 Å². The van der Waals surface area contributed by atoms with Crippen LogP contribution >= 0.6 is 15.9 Å². The summed E-state index contributed by atoms with van der Waals surface area (Å²) in [6.07, 6.45) is 3.11. The standard InChI is InChI=1S/C20H19BrN4O2/c1-13-7-8-14(15(21)11-13)9-10-19(26)23-24-20(27)12-18-22-16-5-3-4-6-17(16)25(18)2/h3-11H,12H2,1-2H3,(H,23,26)(H,24,27)/b10-9+. The van der Waals surface area contributed by atoms with Gasteiger partial charge in [-0.25, -0.2) is 4.98 Å². The predicted octanol–water partition coefficient (Wildman–Crippen LogP) is 3.05. The van der Waals surface area contributed by atoms with Gasteiger partial charge in [0.05, 0.1) is 17.5 Å². The van der Waals surface area contributed by atoms with E-state index in [2.05, 4.69) is 31.8 Å². The summed E-state index contributed by atoms with van der Waals surface area (Å²) < 4.78 is 2.77. The Morgan fingerprint density at radius 2 is 1.96 bits per heavy atom. The van der Waals surface area contributed by atoms with Crippen molar-refractivity contribution in [1.82, 2.24) is 20.4 Å². The van der Waals surface area contributed by atoms with Gasteiger partial charge in [0.25, 0.3) is 5.91 Å². The first-order chi connectivity index (χ1) is 12.9. The SMILES string of the molecule is Cc1ccc(/C=C/C(=O)NNC(=O)Cc2nc3ccccc3n2C)c(Br)c1. The lowest BCUT2D eigenvalue weighted by atomic mass is 10.1. The number of nitrogens with one attached hydrogen (secondary N) is 2. The first kappa shape index (κ1) is 18.8. The molecule has 2 N–H and O–H groups in total. The summed E-state index contributed by atoms with van der Waals surface area (Å²) >= 11 is 3.46. The fraction of sp³-hybridized carbons (Fsp3) is 0.150. The van der Waals surface area contributed by atoms with Crippen LogP contribution in [0.4, 0.5) is 0 Å². The molecule has 0 aliphatic heterocycles. The first-order valence-corrected chi connectivity index (χ1v) is 9.17. The summed E-state index contributed by atoms with van der Waals surface area (Å²) in [6.45, 7) is 1.99. The maximum Gasteiger partial charge on any atom is 0.262 e. The number of benzene rings is 2. The highest BCUT2D eigenvalue weighted by Crippen LogP contribution is 2.19. The lowest BCUT2D eigenvalue weighted by Crippen LogP contribution is -2.41. The van der Waals surface area contributed by atoms with Crippen LogP contribution in [0.2, 0.25) is 0 Å². The normalized spacial score (nSPS) is 11.1. The fourth-order valence-corrected chi connectivity index (χ4v) is 3.27. The first-order valence-electron chi connectivity index (χ1n) is 8.37. The van der Waals surface area contributed by atoms with Gasteiger partial charge < -0.3 is 4.57 Å². The molecule has 2 aromatic carbocycles. The van der Waals surface area contributed by atoms with E-state index in [-0.39, 0.29) is 12.3 Å². The van der Waals surface area contributed by atoms with Crippen LogP contribution in [0.15, 0.2) is 53.0 Å². The monoisotopic (exact) mass is 426 g/mol. The number of fused-ring (bicyclic) bond motifs is 1. The van der Waals surface area contributed by atoms with Gasteiger partial charge in [0.1, 0.15) is 5.82 Å². The predicted molar refractivity (Wildman–Crippen MR) is 109 cm³/mol. The molecule has 0 spiro atoms. The number of aromatic nitrogens is 2. The Hall–Kier alpha value is -2.93. The fourth-order valence-electron chi connectivity index (χ4n) is 2.65. The molecule has 27 heavy (non-hydrogen) atoms. The van der Waals surface area contributed by atoms with Crippen molar-refractivity contribution in [3.63, 3.8) is 0 Å². The highest BCUT2D eigenvalue weighted by molar-refractivity contribution is 9.10. The Labute approximate surface area is 165 Å². The number of rotatable bonds is 4. The molecule has 0 saturated carbocycles. The average molecular weight is 427 g/mol. The van der Waals surface area contributed by atoms with Crippen molar-refractivity contribution in [3.05, 3.63) is 70.0 Å². The zero-order valence-electron chi connectivity index (χ0n) is 15.0. The third kappa shape index (κ3) is 4.62. The number of carbonyl (C=O) groups is 2. The van der Waals surface area contributed by atoms with Crippen molar-refractivity contribution < 1.29 is 9.59 Å². The van der Waals surface area contributed by atoms with E-state index >= 15 is 0 Å². The number of nitrogens with zero attached hydrogens (tertiary/aromatic N) is 2. The van der Waals surface area contributed by atoms with Crippen LogP contribution < -0.4 is 10.9 Å². The van der Waals surface area contributed by atoms with Gasteiger partial charge in [-0.2, -0.15) is 0 Å². The number of hydrogen-bond donors (Lipinski definition) is 2. The van der Waals surface area contributed by atoms with Crippen molar-refractivity contribution in [2.75, 3.05) is 0 Å². The Morgan fingerprint density at radius 1 is 1.19 bits per heavy atom. The molecule has 0 aliphatic carbocycles. The smallest absolute Gasteiger partial charge is 0.262 e. The third-order valence-electron chi connectivity index (χ3n) is 4.09. The molecule has 0 fully saturated rings. The lowest BCUT2D eigenvalue weighted by Gasteiger charge is -2.06. The highest BCUT2D eigenvalue weighted by atomic mass is 79.9. The molecule has 138 valence electrons. The maximum atomic E-state index is 12.1. The van der Waals surface area contributed by atoms with Crippen LogP contribution in [0.25, 0.3) is 17.1 Å². The Balaban J connectivity index is 1.56. The van der Waals surface area contributed by atoms with E-state index in [1.165, 1.54) is 6.08 Å². The summed E-state index contributed by atoms with van der Waals surface area (Å²) in [6, 6.07) is 13.5. The van der Waals surface area contributed by atoms with Gasteiger partial charge in [-0.3, -0.25) is 20.4 Å².